The number of fused-ring (bicyclic) bond motifs is 2. The van der Waals surface area contributed by atoms with Gasteiger partial charge in [-0.1, -0.05) is 30.1 Å². The quantitative estimate of drug-likeness (QED) is 0.0338. The smallest absolute Gasteiger partial charge is 0.415 e. The zero-order chi connectivity index (χ0) is 44.5. The Morgan fingerprint density at radius 3 is 2.29 bits per heavy atom. The zero-order valence-corrected chi connectivity index (χ0v) is 35.4. The molecule has 17 nitrogen and oxygen atoms in total. The Bertz CT molecular complexity index is 2160. The van der Waals surface area contributed by atoms with Crippen LogP contribution in [0.15, 0.2) is 96.2 Å². The van der Waals surface area contributed by atoms with Gasteiger partial charge in [0.25, 0.3) is 11.4 Å². The van der Waals surface area contributed by atoms with Gasteiger partial charge >= 0.3 is 6.09 Å². The molecule has 1 saturated heterocycles. The van der Waals surface area contributed by atoms with Gasteiger partial charge in [-0.3, -0.25) is 25.1 Å². The standard InChI is InChI=1S/C46H55N5O12/c1-3-25-60-46-42(48(2)45(54)62-35-16-14-34(15-17-35)51(57)58)29-40(47-61-30-31-10-12-33(13-11-31)50(55)56)38-27-32(8-4-6-23-52)37(9-5-7-24-53)43(44(38)46)39-28-36(18-19-41(39)63-46)59-26-22-49-20-21-49/h3,10-19,27-28,32,37,42-44,52-53H,1,4-9,20-26,29-30H2,2H3. The van der Waals surface area contributed by atoms with Crippen molar-refractivity contribution < 1.29 is 48.6 Å². The van der Waals surface area contributed by atoms with Crippen LogP contribution >= 0.6 is 0 Å². The van der Waals surface area contributed by atoms with E-state index in [-0.39, 0.29) is 67.7 Å². The minimum atomic E-state index is -1.54. The number of nitro groups is 2. The van der Waals surface area contributed by atoms with Crippen LogP contribution in [0.4, 0.5) is 16.2 Å². The van der Waals surface area contributed by atoms with Crippen LogP contribution in [-0.4, -0.2) is 107 Å². The van der Waals surface area contributed by atoms with E-state index < -0.39 is 33.7 Å². The fourth-order valence-electron chi connectivity index (χ4n) is 9.24. The Morgan fingerprint density at radius 1 is 0.968 bits per heavy atom. The second kappa shape index (κ2) is 20.5. The van der Waals surface area contributed by atoms with Crippen LogP contribution in [0.1, 0.15) is 62.0 Å². The van der Waals surface area contributed by atoms with E-state index in [4.69, 9.17) is 28.9 Å². The molecule has 2 fully saturated rings. The van der Waals surface area contributed by atoms with E-state index >= 15 is 0 Å². The van der Waals surface area contributed by atoms with Gasteiger partial charge in [-0.25, -0.2) is 4.79 Å². The molecule has 7 rings (SSSR count). The molecule has 0 spiro atoms. The highest BCUT2D eigenvalue weighted by Crippen LogP contribution is 2.62. The van der Waals surface area contributed by atoms with Crippen molar-refractivity contribution in [3.8, 4) is 17.2 Å². The van der Waals surface area contributed by atoms with Gasteiger partial charge in [0.15, 0.2) is 0 Å². The molecule has 2 N–H and O–H groups in total. The molecule has 4 aliphatic rings. The number of benzene rings is 3. The van der Waals surface area contributed by atoms with E-state index in [0.717, 1.165) is 56.5 Å². The van der Waals surface area contributed by atoms with Crippen LogP contribution in [0.2, 0.25) is 0 Å². The van der Waals surface area contributed by atoms with Gasteiger partial charge in [0.05, 0.1) is 28.1 Å². The first-order valence-corrected chi connectivity index (χ1v) is 21.5. The number of allylic oxidation sites excluding steroid dienone is 1. The van der Waals surface area contributed by atoms with Gasteiger partial charge in [-0.2, -0.15) is 0 Å². The summed E-state index contributed by atoms with van der Waals surface area (Å²) in [5.74, 6) is -1.05. The molecule has 1 saturated carbocycles. The summed E-state index contributed by atoms with van der Waals surface area (Å²) in [6, 6.07) is 16.2. The summed E-state index contributed by atoms with van der Waals surface area (Å²) < 4.78 is 26.3. The number of aliphatic hydroxyl groups excluding tert-OH is 2. The summed E-state index contributed by atoms with van der Waals surface area (Å²) in [7, 11) is 1.58. The summed E-state index contributed by atoms with van der Waals surface area (Å²) in [6.07, 6.45) is 7.43. The molecule has 6 unspecified atom stereocenters. The second-order valence-corrected chi connectivity index (χ2v) is 16.4. The van der Waals surface area contributed by atoms with Crippen molar-refractivity contribution in [1.29, 1.82) is 0 Å². The number of ether oxygens (including phenoxy) is 4. The predicted molar refractivity (Wildman–Crippen MR) is 232 cm³/mol. The highest BCUT2D eigenvalue weighted by Gasteiger charge is 2.65. The monoisotopic (exact) mass is 869 g/mol. The summed E-state index contributed by atoms with van der Waals surface area (Å²) >= 11 is 0. The van der Waals surface area contributed by atoms with Crippen LogP contribution in [0.5, 0.6) is 17.2 Å². The van der Waals surface area contributed by atoms with Crippen molar-refractivity contribution in [3.63, 3.8) is 0 Å². The number of nitrogens with zero attached hydrogens (tertiary/aromatic N) is 5. The van der Waals surface area contributed by atoms with Gasteiger partial charge in [-0.05, 0) is 91.1 Å². The number of aliphatic hydroxyl groups is 2. The number of nitro benzene ring substituents is 2. The summed E-state index contributed by atoms with van der Waals surface area (Å²) in [5, 5.41) is 47.2. The average Bonchev–Trinajstić information content (AvgIpc) is 4.12. The Labute approximate surface area is 365 Å². The number of rotatable bonds is 22. The summed E-state index contributed by atoms with van der Waals surface area (Å²) in [5.41, 5.74) is 2.74. The fourth-order valence-corrected chi connectivity index (χ4v) is 9.24. The molecule has 63 heavy (non-hydrogen) atoms. The van der Waals surface area contributed by atoms with Crippen molar-refractivity contribution in [2.75, 3.05) is 53.1 Å². The number of hydrogen-bond acceptors (Lipinski definition) is 14. The maximum absolute atomic E-state index is 14.3. The lowest BCUT2D eigenvalue weighted by molar-refractivity contribution is -0.385. The highest BCUT2D eigenvalue weighted by atomic mass is 16.7. The first-order chi connectivity index (χ1) is 30.6. The summed E-state index contributed by atoms with van der Waals surface area (Å²) in [6.45, 7) is 7.56. The van der Waals surface area contributed by atoms with Crippen molar-refractivity contribution >= 4 is 23.2 Å². The molecule has 2 aliphatic heterocycles. The van der Waals surface area contributed by atoms with Crippen LogP contribution in [0.25, 0.3) is 0 Å². The van der Waals surface area contributed by atoms with Gasteiger partial charge < -0.3 is 38.9 Å². The molecule has 0 radical (unpaired) electrons. The molecule has 0 bridgehead atoms. The molecular weight excluding hydrogens is 815 g/mol. The molecular formula is C46H55N5O12. The lowest BCUT2D eigenvalue weighted by Crippen LogP contribution is -2.69. The van der Waals surface area contributed by atoms with Gasteiger partial charge in [0.1, 0.15) is 36.5 Å². The molecule has 0 aromatic heterocycles. The number of carbonyl (C=O) groups excluding carboxylic acids is 1. The Morgan fingerprint density at radius 2 is 1.63 bits per heavy atom. The minimum Gasteiger partial charge on any atom is -0.492 e. The lowest BCUT2D eigenvalue weighted by Gasteiger charge is -2.59. The number of unbranched alkanes of at least 4 members (excludes halogenated alkanes) is 2. The third-order valence-corrected chi connectivity index (χ3v) is 12.4. The maximum Gasteiger partial charge on any atom is 0.415 e. The molecule has 3 aromatic rings. The third kappa shape index (κ3) is 10.3. The van der Waals surface area contributed by atoms with Crippen LogP contribution in [0, 0.1) is 38.0 Å². The van der Waals surface area contributed by atoms with Gasteiger partial charge in [0.2, 0.25) is 5.79 Å². The van der Waals surface area contributed by atoms with Gasteiger partial charge in [0, 0.05) is 82.1 Å². The highest BCUT2D eigenvalue weighted by molar-refractivity contribution is 6.03. The van der Waals surface area contributed by atoms with Crippen LogP contribution in [0.3, 0.4) is 0 Å². The minimum absolute atomic E-state index is 0.00282. The van der Waals surface area contributed by atoms with E-state index in [9.17, 15) is 35.2 Å². The average molecular weight is 870 g/mol. The SMILES string of the molecule is C=CCOC12Oc3ccc(OCCN4CC4)cc3C3C(CCCCO)C(CCCCO)C=C(C(=NOCc4ccc([N+](=O)[O-])cc4)CC1N(C)C(=O)Oc1ccc([N+](=O)[O-])cc1)C32. The fraction of sp³-hybridized carbons (Fsp3) is 0.478. The van der Waals surface area contributed by atoms with Crippen LogP contribution < -0.4 is 14.2 Å². The lowest BCUT2D eigenvalue weighted by atomic mass is 9.55. The molecule has 2 aliphatic carbocycles. The number of carbonyl (C=O) groups is 1. The Kier molecular flexibility index (Phi) is 14.7. The van der Waals surface area contributed by atoms with Crippen molar-refractivity contribution in [3.05, 3.63) is 122 Å². The second-order valence-electron chi connectivity index (χ2n) is 16.4. The molecule has 2 heterocycles. The number of hydrogen-bond donors (Lipinski definition) is 2. The number of non-ortho nitro benzene ring substituents is 2. The Hall–Kier alpha value is -5.88. The van der Waals surface area contributed by atoms with Gasteiger partial charge in [-0.15, -0.1) is 6.58 Å². The topological polar surface area (TPSA) is 209 Å². The molecule has 6 atom stereocenters. The van der Waals surface area contributed by atoms with E-state index in [0.29, 0.717) is 42.2 Å². The van der Waals surface area contributed by atoms with Crippen molar-refractivity contribution in [2.45, 2.75) is 69.3 Å². The molecule has 3 aromatic carbocycles. The largest absolute Gasteiger partial charge is 0.492 e. The van der Waals surface area contributed by atoms with E-state index in [1.165, 1.54) is 41.3 Å². The normalized spacial score (nSPS) is 24.0. The van der Waals surface area contributed by atoms with Crippen molar-refractivity contribution in [1.82, 2.24) is 9.80 Å². The first kappa shape index (κ1) is 45.2. The number of amides is 1. The van der Waals surface area contributed by atoms with E-state index in [2.05, 4.69) is 17.6 Å². The summed E-state index contributed by atoms with van der Waals surface area (Å²) in [4.78, 5) is 45.7. The predicted octanol–water partition coefficient (Wildman–Crippen LogP) is 7.16. The molecule has 336 valence electrons. The van der Waals surface area contributed by atoms with Crippen molar-refractivity contribution in [2.24, 2.45) is 22.9 Å². The Balaban J connectivity index is 1.35. The first-order valence-electron chi connectivity index (χ1n) is 21.5. The van der Waals surface area contributed by atoms with E-state index in [1.54, 1.807) is 25.3 Å². The molecule has 1 amide bonds. The maximum atomic E-state index is 14.3. The van der Waals surface area contributed by atoms with Crippen LogP contribution in [-0.2, 0) is 16.2 Å². The number of oxime groups is 1. The molecule has 17 heteroatoms. The zero-order valence-electron chi connectivity index (χ0n) is 35.4. The number of likely N-dealkylation sites (N-methyl/N-ethyl adjacent to an activating group) is 1. The third-order valence-electron chi connectivity index (χ3n) is 12.4. The van der Waals surface area contributed by atoms with E-state index in [1.807, 2.05) is 18.2 Å².